The first kappa shape index (κ1) is 10.6. The van der Waals surface area contributed by atoms with Crippen molar-refractivity contribution in [1.29, 1.82) is 0 Å². The number of hydrogen-bond acceptors (Lipinski definition) is 1. The maximum Gasteiger partial charge on any atom is 0.0185 e. The van der Waals surface area contributed by atoms with Crippen LogP contribution in [0.25, 0.3) is 0 Å². The van der Waals surface area contributed by atoms with E-state index in [0.717, 1.165) is 0 Å². The van der Waals surface area contributed by atoms with Gasteiger partial charge < -0.3 is 0 Å². The molecule has 70 valence electrons. The SMILES string of the molecule is CC1=C(C)CP(C(C)(C)C)SC1. The second-order valence-electron chi connectivity index (χ2n) is 4.54. The van der Waals surface area contributed by atoms with Gasteiger partial charge in [-0.05, 0) is 32.3 Å². The second kappa shape index (κ2) is 3.72. The van der Waals surface area contributed by atoms with E-state index in [1.165, 1.54) is 11.9 Å². The van der Waals surface area contributed by atoms with Crippen molar-refractivity contribution in [2.24, 2.45) is 0 Å². The summed E-state index contributed by atoms with van der Waals surface area (Å²) in [6.07, 6.45) is 1.36. The van der Waals surface area contributed by atoms with Gasteiger partial charge in [-0.1, -0.05) is 31.9 Å². The fourth-order valence-corrected chi connectivity index (χ4v) is 6.44. The molecular weight excluding hydrogens is 183 g/mol. The lowest BCUT2D eigenvalue weighted by Gasteiger charge is -2.34. The van der Waals surface area contributed by atoms with Crippen molar-refractivity contribution in [3.05, 3.63) is 11.1 Å². The Kier molecular flexibility index (Phi) is 3.28. The molecule has 1 atom stereocenters. The van der Waals surface area contributed by atoms with Crippen LogP contribution in [0.1, 0.15) is 34.6 Å². The molecule has 1 rings (SSSR count). The topological polar surface area (TPSA) is 0 Å². The van der Waals surface area contributed by atoms with Gasteiger partial charge in [0, 0.05) is 5.75 Å². The zero-order valence-electron chi connectivity index (χ0n) is 8.77. The summed E-state index contributed by atoms with van der Waals surface area (Å²) >= 11 is 2.19. The Morgan fingerprint density at radius 2 is 1.75 bits per heavy atom. The van der Waals surface area contributed by atoms with Gasteiger partial charge in [0.05, 0.1) is 0 Å². The van der Waals surface area contributed by atoms with Crippen LogP contribution in [0, 0.1) is 0 Å². The van der Waals surface area contributed by atoms with Gasteiger partial charge in [-0.2, -0.15) is 0 Å². The Bertz CT molecular complexity index is 200. The molecule has 1 heterocycles. The molecule has 0 nitrogen and oxygen atoms in total. The zero-order valence-corrected chi connectivity index (χ0v) is 10.5. The number of rotatable bonds is 0. The molecule has 1 aliphatic rings. The first-order valence-electron chi connectivity index (χ1n) is 4.47. The molecule has 0 aromatic carbocycles. The van der Waals surface area contributed by atoms with Crippen LogP contribution in [0.5, 0.6) is 0 Å². The molecule has 0 spiro atoms. The van der Waals surface area contributed by atoms with Crippen LogP contribution in [0.3, 0.4) is 0 Å². The lowest BCUT2D eigenvalue weighted by Crippen LogP contribution is -2.15. The van der Waals surface area contributed by atoms with Gasteiger partial charge in [0.2, 0.25) is 0 Å². The van der Waals surface area contributed by atoms with Crippen LogP contribution in [0.2, 0.25) is 0 Å². The lowest BCUT2D eigenvalue weighted by atomic mass is 10.2. The highest BCUT2D eigenvalue weighted by molar-refractivity contribution is 8.56. The van der Waals surface area contributed by atoms with Crippen LogP contribution in [-0.4, -0.2) is 17.1 Å². The normalized spacial score (nSPS) is 26.2. The van der Waals surface area contributed by atoms with Crippen LogP contribution < -0.4 is 0 Å². The van der Waals surface area contributed by atoms with E-state index in [-0.39, 0.29) is 7.12 Å². The van der Waals surface area contributed by atoms with E-state index in [1.807, 2.05) is 0 Å². The van der Waals surface area contributed by atoms with Crippen LogP contribution in [-0.2, 0) is 0 Å². The molecule has 0 saturated carbocycles. The third-order valence-electron chi connectivity index (χ3n) is 2.29. The fourth-order valence-electron chi connectivity index (χ4n) is 1.12. The summed E-state index contributed by atoms with van der Waals surface area (Å²) in [5.74, 6) is 1.27. The molecule has 0 amide bonds. The summed E-state index contributed by atoms with van der Waals surface area (Å²) in [5.41, 5.74) is 3.26. The standard InChI is InChI=1S/C10H19PS/c1-8-6-11(10(3,4)5)12-7-9(8)2/h6-7H2,1-5H3. The maximum absolute atomic E-state index is 2.37. The van der Waals surface area contributed by atoms with Crippen LogP contribution in [0.15, 0.2) is 11.1 Å². The van der Waals surface area contributed by atoms with E-state index in [9.17, 15) is 0 Å². The van der Waals surface area contributed by atoms with Gasteiger partial charge in [0.15, 0.2) is 0 Å². The van der Waals surface area contributed by atoms with Gasteiger partial charge >= 0.3 is 0 Å². The van der Waals surface area contributed by atoms with Crippen molar-refractivity contribution in [3.63, 3.8) is 0 Å². The first-order chi connectivity index (χ1) is 5.41. The van der Waals surface area contributed by atoms with Gasteiger partial charge in [-0.15, -0.1) is 11.4 Å². The largest absolute Gasteiger partial charge is 0.129 e. The third-order valence-corrected chi connectivity index (χ3v) is 8.78. The molecule has 0 radical (unpaired) electrons. The van der Waals surface area contributed by atoms with E-state index >= 15 is 0 Å². The summed E-state index contributed by atoms with van der Waals surface area (Å²) in [6, 6.07) is 0. The monoisotopic (exact) mass is 202 g/mol. The van der Waals surface area contributed by atoms with Gasteiger partial charge in [-0.25, -0.2) is 0 Å². The highest BCUT2D eigenvalue weighted by Gasteiger charge is 2.27. The van der Waals surface area contributed by atoms with Crippen LogP contribution in [0.4, 0.5) is 0 Å². The summed E-state index contributed by atoms with van der Waals surface area (Å²) in [5, 5.41) is 0.530. The van der Waals surface area contributed by atoms with Gasteiger partial charge in [0.1, 0.15) is 0 Å². The third kappa shape index (κ3) is 2.50. The van der Waals surface area contributed by atoms with E-state index < -0.39 is 0 Å². The Hall–Kier alpha value is 0.520. The quantitative estimate of drug-likeness (QED) is 0.417. The highest BCUT2D eigenvalue weighted by Crippen LogP contribution is 2.63. The number of hydrogen-bond donors (Lipinski definition) is 0. The van der Waals surface area contributed by atoms with Gasteiger partial charge in [-0.3, -0.25) is 0 Å². The summed E-state index contributed by atoms with van der Waals surface area (Å²) in [6.45, 7) is 11.7. The van der Waals surface area contributed by atoms with Crippen molar-refractivity contribution < 1.29 is 0 Å². The predicted molar refractivity (Wildman–Crippen MR) is 62.4 cm³/mol. The minimum Gasteiger partial charge on any atom is -0.129 e. The van der Waals surface area contributed by atoms with Crippen molar-refractivity contribution in [3.8, 4) is 0 Å². The van der Waals surface area contributed by atoms with E-state index in [1.54, 1.807) is 11.1 Å². The molecule has 0 saturated heterocycles. The Morgan fingerprint density at radius 1 is 1.17 bits per heavy atom. The Morgan fingerprint density at radius 3 is 2.17 bits per heavy atom. The summed E-state index contributed by atoms with van der Waals surface area (Å²) in [4.78, 5) is 0. The van der Waals surface area contributed by atoms with Crippen molar-refractivity contribution in [2.45, 2.75) is 39.8 Å². The number of allylic oxidation sites excluding steroid dienone is 1. The molecule has 2 heteroatoms. The minimum atomic E-state index is 0.180. The summed E-state index contributed by atoms with van der Waals surface area (Å²) < 4.78 is 0. The highest BCUT2D eigenvalue weighted by atomic mass is 32.7. The second-order valence-corrected chi connectivity index (χ2v) is 9.60. The van der Waals surface area contributed by atoms with Crippen molar-refractivity contribution in [1.82, 2.24) is 0 Å². The van der Waals surface area contributed by atoms with Crippen LogP contribution >= 0.6 is 18.5 Å². The minimum absolute atomic E-state index is 0.180. The molecule has 1 unspecified atom stereocenters. The van der Waals surface area contributed by atoms with Crippen molar-refractivity contribution in [2.75, 3.05) is 11.9 Å². The molecule has 1 aliphatic heterocycles. The molecule has 0 bridgehead atoms. The average Bonchev–Trinajstić information content (AvgIpc) is 1.92. The average molecular weight is 202 g/mol. The smallest absolute Gasteiger partial charge is 0.0185 e. The van der Waals surface area contributed by atoms with Gasteiger partial charge in [0.25, 0.3) is 0 Å². The molecule has 0 fully saturated rings. The molecule has 0 N–H and O–H groups in total. The van der Waals surface area contributed by atoms with E-state index in [2.05, 4.69) is 46.0 Å². The van der Waals surface area contributed by atoms with E-state index in [0.29, 0.717) is 5.16 Å². The fraction of sp³-hybridized carbons (Fsp3) is 0.800. The predicted octanol–water partition coefficient (Wildman–Crippen LogP) is 4.27. The molecule has 0 aromatic heterocycles. The molecule has 12 heavy (non-hydrogen) atoms. The summed E-state index contributed by atoms with van der Waals surface area (Å²) in [7, 11) is 0.180. The van der Waals surface area contributed by atoms with Crippen molar-refractivity contribution >= 4 is 18.5 Å². The zero-order chi connectivity index (χ0) is 9.35. The first-order valence-corrected chi connectivity index (χ1v) is 7.59. The molecular formula is C10H19PS. The molecule has 0 aromatic rings. The maximum atomic E-state index is 2.37. The lowest BCUT2D eigenvalue weighted by molar-refractivity contribution is 0.791. The Labute approximate surface area is 81.7 Å². The Balaban J connectivity index is 2.67. The molecule has 0 aliphatic carbocycles. The van der Waals surface area contributed by atoms with E-state index in [4.69, 9.17) is 0 Å².